The van der Waals surface area contributed by atoms with Crippen molar-refractivity contribution in [3.63, 3.8) is 0 Å². The van der Waals surface area contributed by atoms with Gasteiger partial charge in [0.25, 0.3) is 10.0 Å². The zero-order valence-electron chi connectivity index (χ0n) is 15.5. The fourth-order valence-electron chi connectivity index (χ4n) is 3.19. The highest BCUT2D eigenvalue weighted by atomic mass is 32.2. The van der Waals surface area contributed by atoms with Gasteiger partial charge in [0.2, 0.25) is 0 Å². The van der Waals surface area contributed by atoms with Crippen molar-refractivity contribution in [1.29, 1.82) is 0 Å². The quantitative estimate of drug-likeness (QED) is 0.792. The van der Waals surface area contributed by atoms with Crippen molar-refractivity contribution in [3.8, 4) is 0 Å². The maximum atomic E-state index is 12.8. The molecule has 2 atom stereocenters. The predicted molar refractivity (Wildman–Crippen MR) is 97.0 cm³/mol. The molecule has 26 heavy (non-hydrogen) atoms. The molecule has 0 spiro atoms. The number of hydrogen-bond acceptors (Lipinski definition) is 5. The number of rotatable bonds is 7. The minimum absolute atomic E-state index is 0.0479. The van der Waals surface area contributed by atoms with Crippen LogP contribution in [-0.2, 0) is 27.8 Å². The molecule has 1 N–H and O–H groups in total. The Balaban J connectivity index is 1.76. The minimum Gasteiger partial charge on any atom is -0.372 e. The highest BCUT2D eigenvalue weighted by Crippen LogP contribution is 2.29. The number of hydrogen-bond donors (Lipinski definition) is 1. The number of imidazole rings is 1. The Bertz CT molecular complexity index is 827. The molecular formula is C17H27N5O3S. The molecule has 0 bridgehead atoms. The summed E-state index contributed by atoms with van der Waals surface area (Å²) in [6.45, 7) is 8.26. The second kappa shape index (κ2) is 7.89. The normalized spacial score (nSPS) is 21.4. The van der Waals surface area contributed by atoms with E-state index in [1.165, 1.54) is 0 Å². The Morgan fingerprint density at radius 2 is 2.19 bits per heavy atom. The summed E-state index contributed by atoms with van der Waals surface area (Å²) in [5.74, 6) is 0.416. The lowest BCUT2D eigenvalue weighted by atomic mass is 9.99. The monoisotopic (exact) mass is 381 g/mol. The molecule has 0 amide bonds. The summed E-state index contributed by atoms with van der Waals surface area (Å²) >= 11 is 0. The van der Waals surface area contributed by atoms with Gasteiger partial charge < -0.3 is 9.30 Å². The molecule has 0 aromatic carbocycles. The second-order valence-electron chi connectivity index (χ2n) is 7.09. The molecule has 3 rings (SSSR count). The Morgan fingerprint density at radius 3 is 2.88 bits per heavy atom. The Kier molecular flexibility index (Phi) is 5.79. The summed E-state index contributed by atoms with van der Waals surface area (Å²) in [6, 6.07) is -0.335. The first-order valence-electron chi connectivity index (χ1n) is 9.07. The predicted octanol–water partition coefficient (Wildman–Crippen LogP) is 1.95. The van der Waals surface area contributed by atoms with E-state index in [9.17, 15) is 8.42 Å². The van der Waals surface area contributed by atoms with Gasteiger partial charge in [-0.1, -0.05) is 13.8 Å². The van der Waals surface area contributed by atoms with Gasteiger partial charge in [-0.2, -0.15) is 5.10 Å². The van der Waals surface area contributed by atoms with E-state index in [-0.39, 0.29) is 17.2 Å². The minimum atomic E-state index is -3.70. The van der Waals surface area contributed by atoms with Crippen LogP contribution in [0, 0.1) is 5.92 Å². The third kappa shape index (κ3) is 4.33. The molecule has 9 heteroatoms. The van der Waals surface area contributed by atoms with Gasteiger partial charge in [0.15, 0.2) is 5.03 Å². The molecule has 0 unspecified atom stereocenters. The average molecular weight is 382 g/mol. The Morgan fingerprint density at radius 1 is 1.38 bits per heavy atom. The third-order valence-electron chi connectivity index (χ3n) is 4.40. The van der Waals surface area contributed by atoms with Gasteiger partial charge in [-0.05, 0) is 25.7 Å². The maximum Gasteiger partial charge on any atom is 0.259 e. The van der Waals surface area contributed by atoms with Crippen molar-refractivity contribution in [1.82, 2.24) is 24.1 Å². The van der Waals surface area contributed by atoms with Gasteiger partial charge in [0.05, 0.1) is 18.6 Å². The zero-order chi connectivity index (χ0) is 18.7. The van der Waals surface area contributed by atoms with Crippen LogP contribution in [0.4, 0.5) is 0 Å². The maximum absolute atomic E-state index is 12.8. The summed E-state index contributed by atoms with van der Waals surface area (Å²) in [5, 5.41) is 4.32. The van der Waals surface area contributed by atoms with E-state index >= 15 is 0 Å². The van der Waals surface area contributed by atoms with Crippen LogP contribution in [0.2, 0.25) is 0 Å². The molecule has 2 aromatic rings. The lowest BCUT2D eigenvalue weighted by Crippen LogP contribution is -2.42. The molecule has 144 valence electrons. The molecule has 0 radical (unpaired) electrons. The molecule has 0 aliphatic carbocycles. The van der Waals surface area contributed by atoms with E-state index in [0.29, 0.717) is 18.9 Å². The van der Waals surface area contributed by atoms with Crippen molar-refractivity contribution in [2.24, 2.45) is 5.92 Å². The summed E-state index contributed by atoms with van der Waals surface area (Å²) in [7, 11) is -3.70. The summed E-state index contributed by atoms with van der Waals surface area (Å²) < 4.78 is 37.8. The number of nitrogens with zero attached hydrogens (tertiary/aromatic N) is 4. The molecule has 1 aliphatic heterocycles. The fraction of sp³-hybridized carbons (Fsp3) is 0.647. The first-order chi connectivity index (χ1) is 12.4. The van der Waals surface area contributed by atoms with Gasteiger partial charge in [-0.25, -0.2) is 18.1 Å². The van der Waals surface area contributed by atoms with Crippen LogP contribution in [0.5, 0.6) is 0 Å². The first-order valence-corrected chi connectivity index (χ1v) is 10.6. The number of nitrogens with one attached hydrogen (secondary N) is 1. The standard InChI is InChI=1S/C17H27N5O3S/c1-4-22-10-14(8-19-22)17-15(6-5-7-25-17)20-26(23,24)16-11-21(12-18-16)9-13(2)3/h8,10-13,15,17,20H,4-7,9H2,1-3H3/t15-,17+/m0/s1. The molecule has 8 nitrogen and oxygen atoms in total. The summed E-state index contributed by atoms with van der Waals surface area (Å²) in [5.41, 5.74) is 0.893. The van der Waals surface area contributed by atoms with Crippen molar-refractivity contribution in [2.75, 3.05) is 6.61 Å². The SMILES string of the molecule is CCn1cc([C@H]2OCCC[C@@H]2NS(=O)(=O)c2cn(CC(C)C)cn2)cn1. The van der Waals surface area contributed by atoms with Gasteiger partial charge in [0, 0.05) is 37.7 Å². The number of ether oxygens (including phenoxy) is 1. The molecule has 1 aliphatic rings. The van der Waals surface area contributed by atoms with Gasteiger partial charge in [-0.3, -0.25) is 4.68 Å². The van der Waals surface area contributed by atoms with Crippen LogP contribution < -0.4 is 4.72 Å². The summed E-state index contributed by atoms with van der Waals surface area (Å²) in [4.78, 5) is 4.08. The highest BCUT2D eigenvalue weighted by molar-refractivity contribution is 7.89. The van der Waals surface area contributed by atoms with E-state index in [1.54, 1.807) is 23.3 Å². The molecule has 1 saturated heterocycles. The largest absolute Gasteiger partial charge is 0.372 e. The summed E-state index contributed by atoms with van der Waals surface area (Å²) in [6.07, 6.45) is 8.00. The van der Waals surface area contributed by atoms with Gasteiger partial charge in [0.1, 0.15) is 6.10 Å². The van der Waals surface area contributed by atoms with Crippen LogP contribution >= 0.6 is 0 Å². The van der Waals surface area contributed by atoms with Crippen LogP contribution in [-0.4, -0.2) is 40.4 Å². The van der Waals surface area contributed by atoms with Crippen LogP contribution in [0.3, 0.4) is 0 Å². The van der Waals surface area contributed by atoms with Crippen LogP contribution in [0.25, 0.3) is 0 Å². The first kappa shape index (κ1) is 19.1. The van der Waals surface area contributed by atoms with E-state index in [4.69, 9.17) is 4.74 Å². The van der Waals surface area contributed by atoms with Crippen LogP contribution in [0.1, 0.15) is 45.3 Å². The molecule has 2 aromatic heterocycles. The topological polar surface area (TPSA) is 91.0 Å². The van der Waals surface area contributed by atoms with E-state index in [2.05, 4.69) is 28.7 Å². The van der Waals surface area contributed by atoms with Crippen LogP contribution in [0.15, 0.2) is 29.9 Å². The Labute approximate surface area is 154 Å². The van der Waals surface area contributed by atoms with Crippen molar-refractivity contribution in [3.05, 3.63) is 30.5 Å². The fourth-order valence-corrected chi connectivity index (χ4v) is 4.41. The number of aryl methyl sites for hydroxylation is 1. The highest BCUT2D eigenvalue weighted by Gasteiger charge is 2.33. The average Bonchev–Trinajstić information content (AvgIpc) is 3.24. The van der Waals surface area contributed by atoms with Crippen molar-refractivity contribution in [2.45, 2.75) is 63.9 Å². The molecule has 1 fully saturated rings. The molecule has 0 saturated carbocycles. The molecular weight excluding hydrogens is 354 g/mol. The zero-order valence-corrected chi connectivity index (χ0v) is 16.3. The Hall–Kier alpha value is -1.71. The van der Waals surface area contributed by atoms with E-state index in [1.807, 2.05) is 17.8 Å². The smallest absolute Gasteiger partial charge is 0.259 e. The lowest BCUT2D eigenvalue weighted by Gasteiger charge is -2.31. The third-order valence-corrected chi connectivity index (χ3v) is 5.77. The second-order valence-corrected chi connectivity index (χ2v) is 8.75. The van der Waals surface area contributed by atoms with E-state index < -0.39 is 10.0 Å². The van der Waals surface area contributed by atoms with Crippen molar-refractivity contribution < 1.29 is 13.2 Å². The van der Waals surface area contributed by atoms with Gasteiger partial charge in [-0.15, -0.1) is 0 Å². The van der Waals surface area contributed by atoms with Gasteiger partial charge >= 0.3 is 0 Å². The number of sulfonamides is 1. The lowest BCUT2D eigenvalue weighted by molar-refractivity contribution is -0.00449. The van der Waals surface area contributed by atoms with E-state index in [0.717, 1.165) is 25.1 Å². The molecule has 3 heterocycles. The van der Waals surface area contributed by atoms with Crippen molar-refractivity contribution >= 4 is 10.0 Å². The number of aromatic nitrogens is 4.